The summed E-state index contributed by atoms with van der Waals surface area (Å²) in [4.78, 5) is 4.68. The van der Waals surface area contributed by atoms with E-state index in [2.05, 4.69) is 31.5 Å². The van der Waals surface area contributed by atoms with Crippen molar-refractivity contribution >= 4 is 5.71 Å². The van der Waals surface area contributed by atoms with E-state index in [1.165, 1.54) is 0 Å². The van der Waals surface area contributed by atoms with Crippen LogP contribution in [0.25, 0.3) is 0 Å². The molecule has 0 aliphatic heterocycles. The van der Waals surface area contributed by atoms with E-state index >= 15 is 0 Å². The molecule has 3 heteroatoms. The molecule has 102 valence electrons. The summed E-state index contributed by atoms with van der Waals surface area (Å²) in [6, 6.07) is 2.32. The minimum absolute atomic E-state index is 0.159. The molecule has 2 bridgehead atoms. The Morgan fingerprint density at radius 2 is 2.16 bits per heavy atom. The number of aliphatic imine (C=N–C) groups is 1. The largest absolute Gasteiger partial charge is 0.384 e. The molecule has 5 atom stereocenters. The molecule has 0 spiro atoms. The highest BCUT2D eigenvalue weighted by Crippen LogP contribution is 2.62. The van der Waals surface area contributed by atoms with Gasteiger partial charge in [0.15, 0.2) is 5.54 Å². The van der Waals surface area contributed by atoms with Gasteiger partial charge in [-0.1, -0.05) is 19.9 Å². The fourth-order valence-electron chi connectivity index (χ4n) is 4.19. The fraction of sp³-hybridized carbons (Fsp3) is 0.750. The van der Waals surface area contributed by atoms with Gasteiger partial charge in [-0.15, -0.1) is 6.58 Å². The maximum Gasteiger partial charge on any atom is 0.153 e. The molecule has 0 aromatic carbocycles. The first-order chi connectivity index (χ1) is 8.78. The molecule has 4 aliphatic rings. The van der Waals surface area contributed by atoms with Gasteiger partial charge in [0.05, 0.1) is 6.07 Å². The minimum Gasteiger partial charge on any atom is -0.384 e. The molecule has 0 aromatic heterocycles. The summed E-state index contributed by atoms with van der Waals surface area (Å²) in [6.45, 7) is 10.1. The summed E-state index contributed by atoms with van der Waals surface area (Å²) in [6.07, 6.45) is 4.49. The molecular formula is C16H22N2O. The van der Waals surface area contributed by atoms with Gasteiger partial charge in [0.25, 0.3) is 0 Å². The molecule has 19 heavy (non-hydrogen) atoms. The molecule has 0 radical (unpaired) electrons. The number of nitriles is 1. The van der Waals surface area contributed by atoms with Gasteiger partial charge >= 0.3 is 0 Å². The van der Waals surface area contributed by atoms with Crippen molar-refractivity contribution in [3.63, 3.8) is 0 Å². The molecule has 0 heterocycles. The summed E-state index contributed by atoms with van der Waals surface area (Å²) in [7, 11) is 0. The van der Waals surface area contributed by atoms with Crippen LogP contribution in [0.1, 0.15) is 40.0 Å². The van der Waals surface area contributed by atoms with Crippen molar-refractivity contribution in [2.24, 2.45) is 28.2 Å². The van der Waals surface area contributed by atoms with E-state index in [0.29, 0.717) is 5.92 Å². The first-order valence-corrected chi connectivity index (χ1v) is 7.13. The summed E-state index contributed by atoms with van der Waals surface area (Å²) in [5, 5.41) is 20.2. The van der Waals surface area contributed by atoms with E-state index < -0.39 is 11.1 Å². The van der Waals surface area contributed by atoms with E-state index in [-0.39, 0.29) is 17.3 Å². The molecule has 4 saturated carbocycles. The number of hydrogen-bond donors (Lipinski definition) is 1. The van der Waals surface area contributed by atoms with Crippen LogP contribution in [-0.2, 0) is 0 Å². The molecule has 0 unspecified atom stereocenters. The summed E-state index contributed by atoms with van der Waals surface area (Å²) >= 11 is 0. The maximum atomic E-state index is 10.9. The second kappa shape index (κ2) is 3.49. The Bertz CT molecular complexity index is 511. The second-order valence-corrected chi connectivity index (χ2v) is 7.30. The van der Waals surface area contributed by atoms with Crippen LogP contribution < -0.4 is 0 Å². The molecule has 4 aliphatic carbocycles. The number of rotatable bonds is 2. The highest BCUT2D eigenvalue weighted by atomic mass is 16.3. The monoisotopic (exact) mass is 258 g/mol. The Morgan fingerprint density at radius 3 is 2.58 bits per heavy atom. The van der Waals surface area contributed by atoms with Crippen molar-refractivity contribution in [1.29, 1.82) is 5.26 Å². The van der Waals surface area contributed by atoms with Crippen LogP contribution in [-0.4, -0.2) is 22.0 Å². The quantitative estimate of drug-likeness (QED) is 0.774. The van der Waals surface area contributed by atoms with Crippen molar-refractivity contribution < 1.29 is 5.11 Å². The van der Waals surface area contributed by atoms with Crippen LogP contribution in [0.5, 0.6) is 0 Å². The Balaban J connectivity index is 1.92. The lowest BCUT2D eigenvalue weighted by molar-refractivity contribution is -0.134. The van der Waals surface area contributed by atoms with Gasteiger partial charge in [-0.2, -0.15) is 5.26 Å². The zero-order chi connectivity index (χ0) is 14.1. The Labute approximate surface area is 115 Å². The van der Waals surface area contributed by atoms with E-state index in [0.717, 1.165) is 25.0 Å². The van der Waals surface area contributed by atoms with Gasteiger partial charge in [-0.05, 0) is 43.4 Å². The van der Waals surface area contributed by atoms with Crippen molar-refractivity contribution in [1.82, 2.24) is 0 Å². The lowest BCUT2D eigenvalue weighted by Gasteiger charge is -2.62. The first-order valence-electron chi connectivity index (χ1n) is 7.13. The Hall–Kier alpha value is -1.14. The van der Waals surface area contributed by atoms with Gasteiger partial charge in [0.2, 0.25) is 0 Å². The van der Waals surface area contributed by atoms with Crippen molar-refractivity contribution in [3.8, 4) is 6.07 Å². The minimum atomic E-state index is -0.851. The van der Waals surface area contributed by atoms with E-state index in [1.54, 1.807) is 0 Å². The first kappa shape index (κ1) is 12.9. The van der Waals surface area contributed by atoms with Crippen LogP contribution in [0.4, 0.5) is 0 Å². The van der Waals surface area contributed by atoms with Gasteiger partial charge < -0.3 is 5.11 Å². The average molecular weight is 258 g/mol. The molecule has 1 N–H and O–H groups in total. The van der Waals surface area contributed by atoms with E-state index in [9.17, 15) is 10.4 Å². The van der Waals surface area contributed by atoms with Gasteiger partial charge in [0, 0.05) is 11.6 Å². The van der Waals surface area contributed by atoms with Crippen molar-refractivity contribution in [3.05, 3.63) is 12.7 Å². The number of aliphatic hydroxyl groups is 1. The lowest BCUT2D eigenvalue weighted by Crippen LogP contribution is -2.65. The third-order valence-corrected chi connectivity index (χ3v) is 5.97. The molecule has 3 nitrogen and oxygen atoms in total. The predicted octanol–water partition coefficient (Wildman–Crippen LogP) is 2.71. The molecule has 0 saturated heterocycles. The topological polar surface area (TPSA) is 56.4 Å². The maximum absolute atomic E-state index is 10.9. The summed E-state index contributed by atoms with van der Waals surface area (Å²) < 4.78 is 0. The highest BCUT2D eigenvalue weighted by molar-refractivity contribution is 5.95. The van der Waals surface area contributed by atoms with Crippen LogP contribution >= 0.6 is 0 Å². The van der Waals surface area contributed by atoms with Crippen LogP contribution in [0, 0.1) is 34.5 Å². The van der Waals surface area contributed by atoms with Crippen molar-refractivity contribution in [2.45, 2.75) is 51.2 Å². The van der Waals surface area contributed by atoms with Crippen LogP contribution in [0.15, 0.2) is 17.6 Å². The third kappa shape index (κ3) is 1.50. The normalized spacial score (nSPS) is 52.2. The fourth-order valence-corrected chi connectivity index (χ4v) is 4.19. The van der Waals surface area contributed by atoms with E-state index in [1.807, 2.05) is 13.0 Å². The number of hydrogen-bond acceptors (Lipinski definition) is 3. The summed E-state index contributed by atoms with van der Waals surface area (Å²) in [5.74, 6) is 1.04. The second-order valence-electron chi connectivity index (χ2n) is 7.30. The molecule has 0 amide bonds. The van der Waals surface area contributed by atoms with Gasteiger partial charge in [-0.3, -0.25) is 4.99 Å². The molecule has 4 fully saturated rings. The lowest BCUT2D eigenvalue weighted by atomic mass is 9.44. The van der Waals surface area contributed by atoms with E-state index in [4.69, 9.17) is 0 Å². The molecular weight excluding hydrogens is 236 g/mol. The molecule has 4 rings (SSSR count). The van der Waals surface area contributed by atoms with Gasteiger partial charge in [0.1, 0.15) is 5.60 Å². The van der Waals surface area contributed by atoms with Crippen LogP contribution in [0.2, 0.25) is 0 Å². The van der Waals surface area contributed by atoms with Gasteiger partial charge in [-0.25, -0.2) is 0 Å². The van der Waals surface area contributed by atoms with Crippen LogP contribution in [0.3, 0.4) is 0 Å². The smallest absolute Gasteiger partial charge is 0.153 e. The summed E-state index contributed by atoms with van der Waals surface area (Å²) in [5.41, 5.74) is -0.436. The molecule has 0 aromatic rings. The predicted molar refractivity (Wildman–Crippen MR) is 74.7 cm³/mol. The SMILES string of the molecule is C=C[C@@H]1C[C@@]1(C#N)N=C1C[C@H]2C[C@H](C2(C)C)[C@@]1(C)O. The Kier molecular flexibility index (Phi) is 2.36. The van der Waals surface area contributed by atoms with Crippen molar-refractivity contribution in [2.75, 3.05) is 0 Å². The number of nitrogens with zero attached hydrogens (tertiary/aromatic N) is 2. The standard InChI is InChI=1S/C16H22N2O/c1-5-10-8-16(10,9-17)18-13-7-11-6-12(14(11,2)3)15(13,4)19/h5,10-12,19H,1,6-8H2,2-4H3/t10-,11-,12-,15-,16+/m1/s1. The zero-order valence-electron chi connectivity index (χ0n) is 12.0. The average Bonchev–Trinajstić information content (AvgIpc) is 3.05. The Morgan fingerprint density at radius 1 is 1.47 bits per heavy atom. The number of fused-ring (bicyclic) bond motifs is 2. The highest BCUT2D eigenvalue weighted by Gasteiger charge is 2.63. The zero-order valence-corrected chi connectivity index (χ0v) is 12.0. The third-order valence-electron chi connectivity index (χ3n) is 5.97.